The average Bonchev–Trinajstić information content (AvgIpc) is 3.24. The average molecular weight is 376 g/mol. The molecule has 0 unspecified atom stereocenters. The van der Waals surface area contributed by atoms with Gasteiger partial charge in [0.05, 0.1) is 5.69 Å². The van der Waals surface area contributed by atoms with E-state index in [0.29, 0.717) is 0 Å². The lowest BCUT2D eigenvalue weighted by Gasteiger charge is -2.29. The summed E-state index contributed by atoms with van der Waals surface area (Å²) in [5.74, 6) is 1.23. The molecule has 0 N–H and O–H groups in total. The zero-order chi connectivity index (χ0) is 18.8. The Morgan fingerprint density at radius 1 is 0.607 bits per heavy atom. The largest absolute Gasteiger partial charge is 0.260 e. The van der Waals surface area contributed by atoms with E-state index in [-0.39, 0.29) is 0 Å². The van der Waals surface area contributed by atoms with Gasteiger partial charge >= 0.3 is 0 Å². The predicted molar refractivity (Wildman–Crippen MR) is 119 cm³/mol. The summed E-state index contributed by atoms with van der Waals surface area (Å²) in [7, 11) is -0.649. The van der Waals surface area contributed by atoms with E-state index in [9.17, 15) is 0 Å². The molecule has 3 aromatic carbocycles. The quantitative estimate of drug-likeness (QED) is 0.432. The standard InChI is InChI=1S/C26H19NP/c1-3-11-21(12-4-1)28(22-13-5-2-6-14-22)25-17-9-16-24(25)26-23-15-8-7-10-20(23)18-19-27-26/h1-19H. The third-order valence-corrected chi connectivity index (χ3v) is 7.49. The number of benzene rings is 3. The molecule has 5 rings (SSSR count). The smallest absolute Gasteiger partial charge is 0.0566 e. The number of pyridine rings is 1. The van der Waals surface area contributed by atoms with Crippen molar-refractivity contribution >= 4 is 29.3 Å². The predicted octanol–water partition coefficient (Wildman–Crippen LogP) is 5.45. The highest BCUT2D eigenvalue weighted by Crippen LogP contribution is 2.57. The highest BCUT2D eigenvalue weighted by Gasteiger charge is 2.39. The lowest BCUT2D eigenvalue weighted by molar-refractivity contribution is 1.15. The molecular weight excluding hydrogens is 357 g/mol. The number of rotatable bonds is 4. The van der Waals surface area contributed by atoms with Gasteiger partial charge in [-0.3, -0.25) is 4.98 Å². The zero-order valence-electron chi connectivity index (χ0n) is 15.4. The molecule has 1 aliphatic rings. The van der Waals surface area contributed by atoms with Crippen LogP contribution in [0.3, 0.4) is 0 Å². The minimum absolute atomic E-state index is 0.649. The van der Waals surface area contributed by atoms with Crippen molar-refractivity contribution in [1.29, 1.82) is 0 Å². The van der Waals surface area contributed by atoms with Gasteiger partial charge in [-0.25, -0.2) is 0 Å². The highest BCUT2D eigenvalue weighted by atomic mass is 31.1. The summed E-state index contributed by atoms with van der Waals surface area (Å²) in [5.41, 5.74) is 2.42. The third-order valence-electron chi connectivity index (χ3n) is 4.99. The zero-order valence-corrected chi connectivity index (χ0v) is 16.3. The van der Waals surface area contributed by atoms with Crippen molar-refractivity contribution in [3.05, 3.63) is 134 Å². The molecule has 1 aromatic heterocycles. The summed E-state index contributed by atoms with van der Waals surface area (Å²) in [4.78, 5) is 4.79. The van der Waals surface area contributed by atoms with E-state index >= 15 is 0 Å². The van der Waals surface area contributed by atoms with Crippen molar-refractivity contribution in [3.8, 4) is 0 Å². The summed E-state index contributed by atoms with van der Waals surface area (Å²) < 4.78 is 0. The van der Waals surface area contributed by atoms with Crippen LogP contribution < -0.4 is 10.6 Å². The maximum absolute atomic E-state index is 4.79. The molecule has 0 spiro atoms. The number of hydrogen-bond acceptors (Lipinski definition) is 1. The topological polar surface area (TPSA) is 12.9 Å². The van der Waals surface area contributed by atoms with E-state index in [1.807, 2.05) is 6.20 Å². The molecule has 4 aromatic rings. The first-order valence-corrected chi connectivity index (χ1v) is 10.8. The van der Waals surface area contributed by atoms with Gasteiger partial charge in [0, 0.05) is 23.2 Å². The van der Waals surface area contributed by atoms with Crippen LogP contribution in [0.2, 0.25) is 0 Å². The molecule has 0 atom stereocenters. The van der Waals surface area contributed by atoms with E-state index < -0.39 is 7.92 Å². The van der Waals surface area contributed by atoms with Gasteiger partial charge in [0.1, 0.15) is 0 Å². The van der Waals surface area contributed by atoms with Gasteiger partial charge in [0.25, 0.3) is 0 Å². The lowest BCUT2D eigenvalue weighted by Crippen LogP contribution is -2.20. The fraction of sp³-hybridized carbons (Fsp3) is 0. The van der Waals surface area contributed by atoms with Gasteiger partial charge in [-0.2, -0.15) is 0 Å². The molecule has 2 heteroatoms. The van der Waals surface area contributed by atoms with E-state index in [0.717, 1.165) is 5.69 Å². The molecule has 1 nitrogen and oxygen atoms in total. The maximum atomic E-state index is 4.79. The molecular formula is C26H19NP. The Labute approximate surface area is 168 Å². The van der Waals surface area contributed by atoms with E-state index in [2.05, 4.69) is 110 Å². The monoisotopic (exact) mass is 376 g/mol. The molecule has 28 heavy (non-hydrogen) atoms. The van der Waals surface area contributed by atoms with Crippen LogP contribution in [0.1, 0.15) is 5.69 Å². The second-order valence-electron chi connectivity index (χ2n) is 6.71. The second-order valence-corrected chi connectivity index (χ2v) is 8.90. The molecule has 0 aliphatic heterocycles. The summed E-state index contributed by atoms with van der Waals surface area (Å²) in [5, 5.41) is 5.14. The fourth-order valence-electron chi connectivity index (χ4n) is 3.72. The van der Waals surface area contributed by atoms with E-state index in [1.165, 1.54) is 33.0 Å². The summed E-state index contributed by atoms with van der Waals surface area (Å²) >= 11 is 0. The Morgan fingerprint density at radius 2 is 1.25 bits per heavy atom. The minimum Gasteiger partial charge on any atom is -0.260 e. The van der Waals surface area contributed by atoms with Crippen molar-refractivity contribution in [3.63, 3.8) is 0 Å². The molecule has 133 valence electrons. The van der Waals surface area contributed by atoms with Gasteiger partial charge in [-0.1, -0.05) is 84.9 Å². The number of aromatic nitrogens is 1. The minimum atomic E-state index is -0.649. The van der Waals surface area contributed by atoms with Crippen LogP contribution in [0.5, 0.6) is 0 Å². The third kappa shape index (κ3) is 3.25. The molecule has 5 radical (unpaired) electrons. The van der Waals surface area contributed by atoms with Crippen LogP contribution in [0.4, 0.5) is 0 Å². The summed E-state index contributed by atoms with van der Waals surface area (Å²) in [6, 6.07) is 32.2. The maximum Gasteiger partial charge on any atom is 0.0566 e. The van der Waals surface area contributed by atoms with Crippen molar-refractivity contribution in [1.82, 2.24) is 4.98 Å². The first-order valence-electron chi connectivity index (χ1n) is 9.42. The van der Waals surface area contributed by atoms with Crippen molar-refractivity contribution in [2.75, 3.05) is 0 Å². The lowest BCUT2D eigenvalue weighted by atomic mass is 9.97. The molecule has 1 heterocycles. The van der Waals surface area contributed by atoms with Crippen LogP contribution in [-0.2, 0) is 0 Å². The van der Waals surface area contributed by atoms with Crippen molar-refractivity contribution in [2.45, 2.75) is 0 Å². The van der Waals surface area contributed by atoms with Crippen LogP contribution in [0.15, 0.2) is 97.2 Å². The van der Waals surface area contributed by atoms with Crippen molar-refractivity contribution < 1.29 is 0 Å². The molecule has 0 saturated heterocycles. The van der Waals surface area contributed by atoms with Crippen LogP contribution in [0, 0.1) is 30.8 Å². The van der Waals surface area contributed by atoms with Gasteiger partial charge in [-0.05, 0) is 49.2 Å². The van der Waals surface area contributed by atoms with E-state index in [1.54, 1.807) is 0 Å². The number of nitrogens with zero attached hydrogens (tertiary/aromatic N) is 1. The first-order chi connectivity index (χ1) is 13.9. The van der Waals surface area contributed by atoms with Gasteiger partial charge < -0.3 is 0 Å². The normalized spacial score (nSPS) is 15.5. The SMILES string of the molecule is [CH]1[CH][C](c2nccc3ccccc23)[C](P(c2ccccc2)c2ccccc2)[CH]1. The molecule has 1 saturated carbocycles. The van der Waals surface area contributed by atoms with Crippen LogP contribution >= 0.6 is 7.92 Å². The number of hydrogen-bond donors (Lipinski definition) is 0. The first kappa shape index (κ1) is 17.6. The molecule has 0 bridgehead atoms. The second kappa shape index (κ2) is 7.86. The van der Waals surface area contributed by atoms with Gasteiger partial charge in [-0.15, -0.1) is 0 Å². The molecule has 0 amide bonds. The summed E-state index contributed by atoms with van der Waals surface area (Å²) in [6.45, 7) is 0. The summed E-state index contributed by atoms with van der Waals surface area (Å²) in [6.07, 6.45) is 8.56. The van der Waals surface area contributed by atoms with Crippen LogP contribution in [-0.4, -0.2) is 4.98 Å². The fourth-order valence-corrected chi connectivity index (χ4v) is 6.17. The Kier molecular flexibility index (Phi) is 4.93. The molecule has 1 aliphatic carbocycles. The Morgan fingerprint density at radius 3 is 1.96 bits per heavy atom. The molecule has 1 fully saturated rings. The Bertz CT molecular complexity index is 1020. The highest BCUT2D eigenvalue weighted by molar-refractivity contribution is 7.76. The van der Waals surface area contributed by atoms with Crippen molar-refractivity contribution in [2.24, 2.45) is 0 Å². The Balaban J connectivity index is 1.62. The van der Waals surface area contributed by atoms with Gasteiger partial charge in [0.15, 0.2) is 0 Å². The Hall–Kier alpha value is -2.50. The van der Waals surface area contributed by atoms with E-state index in [4.69, 9.17) is 4.98 Å². The van der Waals surface area contributed by atoms with Crippen LogP contribution in [0.25, 0.3) is 10.8 Å². The number of fused-ring (bicyclic) bond motifs is 1. The van der Waals surface area contributed by atoms with Gasteiger partial charge in [0.2, 0.25) is 0 Å².